The van der Waals surface area contributed by atoms with Crippen LogP contribution in [-0.4, -0.2) is 43.4 Å². The zero-order chi connectivity index (χ0) is 12.7. The van der Waals surface area contributed by atoms with E-state index in [4.69, 9.17) is 9.84 Å². The molecule has 2 amide bonds. The van der Waals surface area contributed by atoms with Crippen molar-refractivity contribution in [2.75, 3.05) is 26.3 Å². The van der Waals surface area contributed by atoms with Crippen molar-refractivity contribution in [1.29, 1.82) is 0 Å². The van der Waals surface area contributed by atoms with Crippen LogP contribution in [0.5, 0.6) is 0 Å². The summed E-state index contributed by atoms with van der Waals surface area (Å²) in [5, 5.41) is 13.9. The summed E-state index contributed by atoms with van der Waals surface area (Å²) in [7, 11) is 0. The summed E-state index contributed by atoms with van der Waals surface area (Å²) in [5.74, 6) is -0.939. The Morgan fingerprint density at radius 3 is 2.82 bits per heavy atom. The first-order chi connectivity index (χ1) is 8.09. The minimum absolute atomic E-state index is 0.147. The van der Waals surface area contributed by atoms with Crippen LogP contribution in [-0.2, 0) is 9.53 Å². The molecule has 1 aliphatic rings. The molecule has 6 nitrogen and oxygen atoms in total. The summed E-state index contributed by atoms with van der Waals surface area (Å²) in [5.41, 5.74) is 0. The first-order valence-electron chi connectivity index (χ1n) is 5.92. The maximum atomic E-state index is 11.3. The lowest BCUT2D eigenvalue weighted by atomic mass is 10.1. The number of carboxylic acid groups (broad SMARTS) is 1. The second-order valence-electron chi connectivity index (χ2n) is 4.39. The van der Waals surface area contributed by atoms with Crippen LogP contribution in [0.3, 0.4) is 0 Å². The number of carbonyl (C=O) groups is 2. The number of aliphatic carboxylic acids is 1. The summed E-state index contributed by atoms with van der Waals surface area (Å²) in [6.45, 7) is 3.89. The second-order valence-corrected chi connectivity index (χ2v) is 4.39. The number of carboxylic acids is 1. The van der Waals surface area contributed by atoms with Gasteiger partial charge in [-0.2, -0.15) is 0 Å². The zero-order valence-electron chi connectivity index (χ0n) is 10.1. The Bertz CT molecular complexity index is 264. The van der Waals surface area contributed by atoms with Crippen LogP contribution < -0.4 is 10.6 Å². The Hall–Kier alpha value is -1.30. The third kappa shape index (κ3) is 5.53. The van der Waals surface area contributed by atoms with Gasteiger partial charge in [0.2, 0.25) is 0 Å². The fourth-order valence-electron chi connectivity index (χ4n) is 1.60. The van der Waals surface area contributed by atoms with E-state index in [1.54, 1.807) is 6.92 Å². The van der Waals surface area contributed by atoms with Gasteiger partial charge in [0.05, 0.1) is 5.92 Å². The van der Waals surface area contributed by atoms with Crippen LogP contribution in [0.2, 0.25) is 0 Å². The molecular formula is C11H20N2O4. The van der Waals surface area contributed by atoms with Gasteiger partial charge in [0.25, 0.3) is 0 Å². The highest BCUT2D eigenvalue weighted by atomic mass is 16.5. The molecule has 6 heteroatoms. The maximum Gasteiger partial charge on any atom is 0.314 e. The predicted molar refractivity (Wildman–Crippen MR) is 61.7 cm³/mol. The number of hydrogen-bond donors (Lipinski definition) is 3. The average molecular weight is 244 g/mol. The molecule has 98 valence electrons. The summed E-state index contributed by atoms with van der Waals surface area (Å²) in [6, 6.07) is -0.308. The normalized spacial score (nSPS) is 20.9. The Morgan fingerprint density at radius 1 is 1.47 bits per heavy atom. The lowest BCUT2D eigenvalue weighted by molar-refractivity contribution is -0.140. The fraction of sp³-hybridized carbons (Fsp3) is 0.818. The van der Waals surface area contributed by atoms with Crippen molar-refractivity contribution in [1.82, 2.24) is 10.6 Å². The number of carbonyl (C=O) groups excluding carboxylic acids is 1. The van der Waals surface area contributed by atoms with Crippen LogP contribution >= 0.6 is 0 Å². The Balaban J connectivity index is 2.02. The van der Waals surface area contributed by atoms with E-state index in [2.05, 4.69) is 10.6 Å². The van der Waals surface area contributed by atoms with Crippen LogP contribution in [0.15, 0.2) is 0 Å². The zero-order valence-corrected chi connectivity index (χ0v) is 10.1. The molecule has 0 bridgehead atoms. The van der Waals surface area contributed by atoms with E-state index in [0.29, 0.717) is 12.5 Å². The van der Waals surface area contributed by atoms with E-state index in [0.717, 1.165) is 26.1 Å². The third-order valence-electron chi connectivity index (χ3n) is 2.85. The van der Waals surface area contributed by atoms with Crippen molar-refractivity contribution >= 4 is 12.0 Å². The van der Waals surface area contributed by atoms with E-state index in [1.165, 1.54) is 0 Å². The van der Waals surface area contributed by atoms with Gasteiger partial charge >= 0.3 is 12.0 Å². The van der Waals surface area contributed by atoms with Gasteiger partial charge in [0.1, 0.15) is 0 Å². The molecule has 0 spiro atoms. The van der Waals surface area contributed by atoms with Gasteiger partial charge in [-0.05, 0) is 18.8 Å². The molecule has 0 aromatic rings. The van der Waals surface area contributed by atoms with E-state index in [9.17, 15) is 9.59 Å². The highest BCUT2D eigenvalue weighted by Crippen LogP contribution is 2.14. The summed E-state index contributed by atoms with van der Waals surface area (Å²) in [6.07, 6.45) is 1.96. The monoisotopic (exact) mass is 244 g/mol. The molecular weight excluding hydrogens is 224 g/mol. The Kier molecular flexibility index (Phi) is 5.76. The fourth-order valence-corrected chi connectivity index (χ4v) is 1.60. The van der Waals surface area contributed by atoms with Gasteiger partial charge in [-0.1, -0.05) is 6.92 Å². The molecule has 1 heterocycles. The summed E-state index contributed by atoms with van der Waals surface area (Å²) >= 11 is 0. The second kappa shape index (κ2) is 7.11. The van der Waals surface area contributed by atoms with Crippen LogP contribution in [0.1, 0.15) is 19.8 Å². The number of hydrogen-bond acceptors (Lipinski definition) is 3. The molecule has 1 aliphatic heterocycles. The molecule has 0 saturated carbocycles. The molecule has 2 atom stereocenters. The van der Waals surface area contributed by atoms with Gasteiger partial charge in [-0.25, -0.2) is 4.79 Å². The topological polar surface area (TPSA) is 87.7 Å². The molecule has 1 rings (SSSR count). The summed E-state index contributed by atoms with van der Waals surface area (Å²) < 4.78 is 5.23. The predicted octanol–water partition coefficient (Wildman–Crippen LogP) is 0.433. The number of nitrogens with one attached hydrogen (secondary N) is 2. The third-order valence-corrected chi connectivity index (χ3v) is 2.85. The van der Waals surface area contributed by atoms with Crippen molar-refractivity contribution < 1.29 is 19.4 Å². The first-order valence-corrected chi connectivity index (χ1v) is 5.92. The molecule has 1 fully saturated rings. The van der Waals surface area contributed by atoms with E-state index in [1.807, 2.05) is 0 Å². The van der Waals surface area contributed by atoms with Crippen molar-refractivity contribution in [3.8, 4) is 0 Å². The van der Waals surface area contributed by atoms with Crippen LogP contribution in [0.25, 0.3) is 0 Å². The molecule has 17 heavy (non-hydrogen) atoms. The number of urea groups is 1. The van der Waals surface area contributed by atoms with Gasteiger partial charge < -0.3 is 20.5 Å². The van der Waals surface area contributed by atoms with Crippen LogP contribution in [0.4, 0.5) is 4.79 Å². The average Bonchev–Trinajstić information content (AvgIpc) is 2.78. The lowest BCUT2D eigenvalue weighted by Gasteiger charge is -2.11. The standard InChI is InChI=1S/C11H20N2O4/c1-8(10(14)15)6-13-11(16)12-4-2-9-3-5-17-7-9/h8-9H,2-7H2,1H3,(H,14,15)(H2,12,13,16). The minimum atomic E-state index is -0.909. The van der Waals surface area contributed by atoms with Gasteiger partial charge in [-0.15, -0.1) is 0 Å². The molecule has 0 aliphatic carbocycles. The van der Waals surface area contributed by atoms with Crippen molar-refractivity contribution in [3.05, 3.63) is 0 Å². The van der Waals surface area contributed by atoms with Gasteiger partial charge in [-0.3, -0.25) is 4.79 Å². The van der Waals surface area contributed by atoms with Crippen molar-refractivity contribution in [3.63, 3.8) is 0 Å². The number of ether oxygens (including phenoxy) is 1. The molecule has 0 radical (unpaired) electrons. The van der Waals surface area contributed by atoms with E-state index < -0.39 is 11.9 Å². The van der Waals surface area contributed by atoms with Crippen molar-refractivity contribution in [2.45, 2.75) is 19.8 Å². The van der Waals surface area contributed by atoms with E-state index in [-0.39, 0.29) is 12.6 Å². The largest absolute Gasteiger partial charge is 0.481 e. The minimum Gasteiger partial charge on any atom is -0.481 e. The van der Waals surface area contributed by atoms with Crippen LogP contribution in [0, 0.1) is 11.8 Å². The SMILES string of the molecule is CC(CNC(=O)NCCC1CCOC1)C(=O)O. The molecule has 1 saturated heterocycles. The lowest BCUT2D eigenvalue weighted by Crippen LogP contribution is -2.39. The number of amides is 2. The van der Waals surface area contributed by atoms with E-state index >= 15 is 0 Å². The first kappa shape index (κ1) is 13.8. The molecule has 0 aromatic heterocycles. The highest BCUT2D eigenvalue weighted by molar-refractivity contribution is 5.75. The van der Waals surface area contributed by atoms with Crippen molar-refractivity contribution in [2.24, 2.45) is 11.8 Å². The highest BCUT2D eigenvalue weighted by Gasteiger charge is 2.15. The molecule has 0 aromatic carbocycles. The summed E-state index contributed by atoms with van der Waals surface area (Å²) in [4.78, 5) is 21.8. The Labute approximate surface area is 101 Å². The number of rotatable bonds is 6. The quantitative estimate of drug-likeness (QED) is 0.632. The van der Waals surface area contributed by atoms with Gasteiger partial charge in [0, 0.05) is 26.3 Å². The Morgan fingerprint density at radius 2 is 2.24 bits per heavy atom. The molecule has 3 N–H and O–H groups in total. The smallest absolute Gasteiger partial charge is 0.314 e. The van der Waals surface area contributed by atoms with Gasteiger partial charge in [0.15, 0.2) is 0 Å². The maximum absolute atomic E-state index is 11.3. The molecule has 2 unspecified atom stereocenters.